The fourth-order valence-corrected chi connectivity index (χ4v) is 3.25. The van der Waals surface area contributed by atoms with Gasteiger partial charge in [0.05, 0.1) is 28.5 Å². The molecule has 1 amide bonds. The second-order valence-electron chi connectivity index (χ2n) is 6.28. The molecule has 0 bridgehead atoms. The molecule has 0 aliphatic carbocycles. The van der Waals surface area contributed by atoms with Crippen LogP contribution < -0.4 is 5.32 Å². The van der Waals surface area contributed by atoms with Crippen LogP contribution in [0, 0.1) is 29.8 Å². The van der Waals surface area contributed by atoms with Crippen molar-refractivity contribution in [2.45, 2.75) is 20.4 Å². The summed E-state index contributed by atoms with van der Waals surface area (Å²) in [6.07, 6.45) is 0. The molecule has 0 aliphatic rings. The highest BCUT2D eigenvalue weighted by molar-refractivity contribution is 6.32. The maximum atomic E-state index is 14.1. The van der Waals surface area contributed by atoms with Gasteiger partial charge >= 0.3 is 0 Å². The van der Waals surface area contributed by atoms with Crippen LogP contribution in [0.3, 0.4) is 0 Å². The number of nitro groups is 1. The third-order valence-electron chi connectivity index (χ3n) is 4.39. The first-order valence-corrected chi connectivity index (χ1v) is 9.16. The maximum Gasteiger partial charge on any atom is 0.288 e. The van der Waals surface area contributed by atoms with E-state index in [1.54, 1.807) is 19.9 Å². The van der Waals surface area contributed by atoms with Crippen LogP contribution in [0.1, 0.15) is 27.3 Å². The molecule has 0 saturated carbocycles. The molecule has 0 aliphatic heterocycles. The third-order valence-corrected chi connectivity index (χ3v) is 5.07. The van der Waals surface area contributed by atoms with E-state index in [1.165, 1.54) is 28.9 Å². The number of hydrogen-bond acceptors (Lipinski definition) is 4. The number of aromatic nitrogens is 2. The van der Waals surface area contributed by atoms with Gasteiger partial charge in [-0.25, -0.2) is 4.39 Å². The minimum Gasteiger partial charge on any atom is -0.319 e. The van der Waals surface area contributed by atoms with Gasteiger partial charge in [-0.2, -0.15) is 5.10 Å². The molecule has 0 unspecified atom stereocenters. The minimum absolute atomic E-state index is 0.0616. The molecule has 1 aromatic heterocycles. The van der Waals surface area contributed by atoms with Crippen LogP contribution in [0.15, 0.2) is 36.4 Å². The Morgan fingerprint density at radius 1 is 1.24 bits per heavy atom. The molecular formula is C19H15Cl2FN4O3. The number of hydrogen-bond donors (Lipinski definition) is 1. The molecule has 0 saturated heterocycles. The van der Waals surface area contributed by atoms with E-state index < -0.39 is 16.6 Å². The zero-order valence-corrected chi connectivity index (χ0v) is 16.9. The number of nitrogens with one attached hydrogen (secondary N) is 1. The Bertz CT molecular complexity index is 1110. The topological polar surface area (TPSA) is 90.1 Å². The number of nitro benzene ring substituents is 1. The first-order chi connectivity index (χ1) is 13.7. The average molecular weight is 437 g/mol. The summed E-state index contributed by atoms with van der Waals surface area (Å²) in [7, 11) is 0. The lowest BCUT2D eigenvalue weighted by atomic mass is 10.1. The van der Waals surface area contributed by atoms with Gasteiger partial charge in [-0.15, -0.1) is 0 Å². The van der Waals surface area contributed by atoms with Gasteiger partial charge in [0.1, 0.15) is 10.8 Å². The van der Waals surface area contributed by atoms with Crippen molar-refractivity contribution in [3.8, 4) is 0 Å². The fraction of sp³-hybridized carbons (Fsp3) is 0.158. The Hall–Kier alpha value is -2.97. The van der Waals surface area contributed by atoms with E-state index in [1.807, 2.05) is 0 Å². The number of amides is 1. The van der Waals surface area contributed by atoms with Crippen LogP contribution in [0.4, 0.5) is 15.8 Å². The predicted molar refractivity (Wildman–Crippen MR) is 108 cm³/mol. The molecular weight excluding hydrogens is 422 g/mol. The Morgan fingerprint density at radius 3 is 2.62 bits per heavy atom. The Kier molecular flexibility index (Phi) is 5.86. The van der Waals surface area contributed by atoms with Crippen molar-refractivity contribution in [3.63, 3.8) is 0 Å². The number of benzene rings is 2. The minimum atomic E-state index is -0.661. The lowest BCUT2D eigenvalue weighted by Gasteiger charge is -2.09. The lowest BCUT2D eigenvalue weighted by molar-refractivity contribution is -0.384. The van der Waals surface area contributed by atoms with Gasteiger partial charge in [-0.1, -0.05) is 29.3 Å². The van der Waals surface area contributed by atoms with Crippen LogP contribution in [-0.4, -0.2) is 20.6 Å². The molecule has 29 heavy (non-hydrogen) atoms. The number of anilines is 1. The summed E-state index contributed by atoms with van der Waals surface area (Å²) in [5, 5.41) is 18.3. The second kappa shape index (κ2) is 8.18. The third kappa shape index (κ3) is 4.23. The Labute approximate surface area is 175 Å². The predicted octanol–water partition coefficient (Wildman–Crippen LogP) is 5.15. The van der Waals surface area contributed by atoms with Crippen LogP contribution in [0.2, 0.25) is 10.0 Å². The summed E-state index contributed by atoms with van der Waals surface area (Å²) in [5.41, 5.74) is 1.51. The second-order valence-corrected chi connectivity index (χ2v) is 7.10. The van der Waals surface area contributed by atoms with Crippen molar-refractivity contribution in [2.24, 2.45) is 0 Å². The first kappa shape index (κ1) is 20.8. The van der Waals surface area contributed by atoms with Crippen LogP contribution >= 0.6 is 23.2 Å². The molecule has 150 valence electrons. The van der Waals surface area contributed by atoms with Gasteiger partial charge in [0.15, 0.2) is 0 Å². The van der Waals surface area contributed by atoms with Crippen molar-refractivity contribution in [3.05, 3.63) is 84.9 Å². The quantitative estimate of drug-likeness (QED) is 0.441. The van der Waals surface area contributed by atoms with Crippen molar-refractivity contribution >= 4 is 40.5 Å². The molecule has 0 radical (unpaired) electrons. The van der Waals surface area contributed by atoms with E-state index in [4.69, 9.17) is 23.2 Å². The number of aryl methyl sites for hydroxylation is 1. The zero-order valence-electron chi connectivity index (χ0n) is 15.4. The van der Waals surface area contributed by atoms with Crippen molar-refractivity contribution in [1.29, 1.82) is 0 Å². The monoisotopic (exact) mass is 436 g/mol. The van der Waals surface area contributed by atoms with E-state index in [2.05, 4.69) is 10.4 Å². The summed E-state index contributed by atoms with van der Waals surface area (Å²) in [5.74, 6) is -1.01. The highest BCUT2D eigenvalue weighted by Gasteiger charge is 2.20. The average Bonchev–Trinajstić information content (AvgIpc) is 2.92. The first-order valence-electron chi connectivity index (χ1n) is 8.41. The van der Waals surface area contributed by atoms with Gasteiger partial charge < -0.3 is 5.32 Å². The fourth-order valence-electron chi connectivity index (χ4n) is 2.84. The number of nitrogens with zero attached hydrogens (tertiary/aromatic N) is 3. The molecule has 3 aromatic rings. The number of rotatable bonds is 5. The van der Waals surface area contributed by atoms with Crippen LogP contribution in [0.5, 0.6) is 0 Å². The zero-order chi connectivity index (χ0) is 21.3. The van der Waals surface area contributed by atoms with Crippen LogP contribution in [0.25, 0.3) is 0 Å². The highest BCUT2D eigenvalue weighted by Crippen LogP contribution is 2.27. The normalized spacial score (nSPS) is 10.8. The smallest absolute Gasteiger partial charge is 0.288 e. The standard InChI is InChI=1S/C19H15Cl2FN4O3/c1-10-18(23-19(27)12-6-7-15(21)17(8-12)26(28)29)11(2)25(24-10)9-13-14(20)4-3-5-16(13)22/h3-8H,9H2,1-2H3,(H,23,27). The maximum absolute atomic E-state index is 14.1. The van der Waals surface area contributed by atoms with E-state index in [-0.39, 0.29) is 33.4 Å². The molecule has 10 heteroatoms. The summed E-state index contributed by atoms with van der Waals surface area (Å²) in [6.45, 7) is 3.49. The van der Waals surface area contributed by atoms with E-state index in [0.29, 0.717) is 17.1 Å². The Morgan fingerprint density at radius 2 is 1.97 bits per heavy atom. The summed E-state index contributed by atoms with van der Waals surface area (Å²) in [4.78, 5) is 23.0. The van der Waals surface area contributed by atoms with Gasteiger partial charge in [-0.05, 0) is 38.1 Å². The number of carbonyl (C=O) groups is 1. The molecule has 0 atom stereocenters. The molecule has 3 rings (SSSR count). The van der Waals surface area contributed by atoms with Gasteiger partial charge in [-0.3, -0.25) is 19.6 Å². The van der Waals surface area contributed by atoms with Gasteiger partial charge in [0.2, 0.25) is 0 Å². The molecule has 2 aromatic carbocycles. The largest absolute Gasteiger partial charge is 0.319 e. The van der Waals surface area contributed by atoms with Crippen molar-refractivity contribution < 1.29 is 14.1 Å². The van der Waals surface area contributed by atoms with Gasteiger partial charge in [0, 0.05) is 22.2 Å². The van der Waals surface area contributed by atoms with Gasteiger partial charge in [0.25, 0.3) is 11.6 Å². The SMILES string of the molecule is Cc1nn(Cc2c(F)cccc2Cl)c(C)c1NC(=O)c1ccc(Cl)c([N+](=O)[O-])c1. The highest BCUT2D eigenvalue weighted by atomic mass is 35.5. The molecule has 1 N–H and O–H groups in total. The lowest BCUT2D eigenvalue weighted by Crippen LogP contribution is -2.14. The van der Waals surface area contributed by atoms with E-state index in [0.717, 1.165) is 6.07 Å². The Balaban J connectivity index is 1.88. The molecule has 0 fully saturated rings. The summed E-state index contributed by atoms with van der Waals surface area (Å²) >= 11 is 11.9. The molecule has 7 nitrogen and oxygen atoms in total. The van der Waals surface area contributed by atoms with Crippen molar-refractivity contribution in [1.82, 2.24) is 9.78 Å². The van der Waals surface area contributed by atoms with Crippen molar-refractivity contribution in [2.75, 3.05) is 5.32 Å². The number of carbonyl (C=O) groups excluding carboxylic acids is 1. The summed E-state index contributed by atoms with van der Waals surface area (Å²) < 4.78 is 15.6. The molecule has 1 heterocycles. The van der Waals surface area contributed by atoms with Crippen LogP contribution in [-0.2, 0) is 6.54 Å². The van der Waals surface area contributed by atoms with E-state index in [9.17, 15) is 19.3 Å². The van der Waals surface area contributed by atoms with E-state index >= 15 is 0 Å². The summed E-state index contributed by atoms with van der Waals surface area (Å²) in [6, 6.07) is 8.19. The molecule has 0 spiro atoms. The number of halogens is 3.